The van der Waals surface area contributed by atoms with Gasteiger partial charge in [-0.15, -0.1) is 0 Å². The van der Waals surface area contributed by atoms with Gasteiger partial charge in [0.1, 0.15) is 0 Å². The first-order chi connectivity index (χ1) is 9.74. The van der Waals surface area contributed by atoms with Crippen molar-refractivity contribution in [1.29, 1.82) is 0 Å². The average Bonchev–Trinajstić information content (AvgIpc) is 2.98. The van der Waals surface area contributed by atoms with E-state index < -0.39 is 0 Å². The van der Waals surface area contributed by atoms with E-state index in [2.05, 4.69) is 17.1 Å². The minimum Gasteiger partial charge on any atom is -0.399 e. The Bertz CT molecular complexity index is 595. The first-order valence-electron chi connectivity index (χ1n) is 6.79. The number of carbonyl (C=O) groups is 1. The highest BCUT2D eigenvalue weighted by Crippen LogP contribution is 2.28. The van der Waals surface area contributed by atoms with Crippen LogP contribution in [0.3, 0.4) is 0 Å². The topological polar surface area (TPSA) is 59.2 Å². The molecule has 2 heterocycles. The summed E-state index contributed by atoms with van der Waals surface area (Å²) in [5.41, 5.74) is 8.39. The predicted molar refractivity (Wildman–Crippen MR) is 78.4 cm³/mol. The second-order valence-electron chi connectivity index (χ2n) is 5.15. The number of nitrogens with two attached hydrogens (primary N) is 1. The number of anilines is 1. The van der Waals surface area contributed by atoms with Crippen molar-refractivity contribution in [3.63, 3.8) is 0 Å². The van der Waals surface area contributed by atoms with Crippen molar-refractivity contribution in [2.24, 2.45) is 0 Å². The Labute approximate surface area is 118 Å². The van der Waals surface area contributed by atoms with Gasteiger partial charge in [0.05, 0.1) is 5.56 Å². The standard InChI is InChI=1S/C16H17N3O/c17-15-5-3-12(4-6-15)14-7-9-19(11-14)16(20)13-2-1-8-18-10-13/h1-6,8,10,14H,7,9,11,17H2. The Morgan fingerprint density at radius 3 is 2.75 bits per heavy atom. The molecule has 0 bridgehead atoms. The summed E-state index contributed by atoms with van der Waals surface area (Å²) in [6, 6.07) is 11.5. The molecule has 0 aliphatic carbocycles. The fraction of sp³-hybridized carbons (Fsp3) is 0.250. The van der Waals surface area contributed by atoms with E-state index in [0.29, 0.717) is 11.5 Å². The third kappa shape index (κ3) is 2.50. The first-order valence-corrected chi connectivity index (χ1v) is 6.79. The molecule has 1 amide bonds. The summed E-state index contributed by atoms with van der Waals surface area (Å²) < 4.78 is 0. The molecule has 1 saturated heterocycles. The smallest absolute Gasteiger partial charge is 0.255 e. The van der Waals surface area contributed by atoms with Crippen molar-refractivity contribution in [3.05, 3.63) is 59.9 Å². The van der Waals surface area contributed by atoms with Crippen LogP contribution >= 0.6 is 0 Å². The number of hydrogen-bond acceptors (Lipinski definition) is 3. The summed E-state index contributed by atoms with van der Waals surface area (Å²) in [6.45, 7) is 1.56. The molecule has 1 fully saturated rings. The van der Waals surface area contributed by atoms with E-state index >= 15 is 0 Å². The number of carbonyl (C=O) groups excluding carboxylic acids is 1. The van der Waals surface area contributed by atoms with Crippen LogP contribution in [0.2, 0.25) is 0 Å². The fourth-order valence-corrected chi connectivity index (χ4v) is 2.66. The molecule has 1 aliphatic heterocycles. The van der Waals surface area contributed by atoms with Crippen molar-refractivity contribution in [2.75, 3.05) is 18.8 Å². The summed E-state index contributed by atoms with van der Waals surface area (Å²) >= 11 is 0. The van der Waals surface area contributed by atoms with Crippen LogP contribution < -0.4 is 5.73 Å². The van der Waals surface area contributed by atoms with Crippen LogP contribution in [0.5, 0.6) is 0 Å². The molecule has 4 nitrogen and oxygen atoms in total. The highest BCUT2D eigenvalue weighted by Gasteiger charge is 2.27. The second kappa shape index (κ2) is 5.33. The van der Waals surface area contributed by atoms with E-state index in [4.69, 9.17) is 5.73 Å². The number of benzene rings is 1. The molecule has 1 aromatic carbocycles. The van der Waals surface area contributed by atoms with Crippen molar-refractivity contribution in [3.8, 4) is 0 Å². The van der Waals surface area contributed by atoms with Gasteiger partial charge in [0.25, 0.3) is 5.91 Å². The zero-order valence-electron chi connectivity index (χ0n) is 11.2. The lowest BCUT2D eigenvalue weighted by atomic mass is 9.98. The van der Waals surface area contributed by atoms with E-state index in [0.717, 1.165) is 25.2 Å². The molecule has 1 aliphatic rings. The summed E-state index contributed by atoms with van der Waals surface area (Å²) in [7, 11) is 0. The van der Waals surface area contributed by atoms with Crippen molar-refractivity contribution >= 4 is 11.6 Å². The summed E-state index contributed by atoms with van der Waals surface area (Å²) in [6.07, 6.45) is 4.30. The maximum Gasteiger partial charge on any atom is 0.255 e. The number of hydrogen-bond donors (Lipinski definition) is 1. The van der Waals surface area contributed by atoms with Gasteiger partial charge in [-0.3, -0.25) is 9.78 Å². The van der Waals surface area contributed by atoms with E-state index in [1.807, 2.05) is 23.1 Å². The predicted octanol–water partition coefficient (Wildman–Crippen LogP) is 2.29. The van der Waals surface area contributed by atoms with Gasteiger partial charge in [-0.1, -0.05) is 12.1 Å². The van der Waals surface area contributed by atoms with Crippen molar-refractivity contribution < 1.29 is 4.79 Å². The Morgan fingerprint density at radius 1 is 1.25 bits per heavy atom. The molecule has 0 spiro atoms. The van der Waals surface area contributed by atoms with Crippen LogP contribution in [0.1, 0.15) is 28.3 Å². The minimum atomic E-state index is 0.0658. The molecule has 1 aromatic heterocycles. The lowest BCUT2D eigenvalue weighted by Gasteiger charge is -2.16. The van der Waals surface area contributed by atoms with Gasteiger partial charge in [0, 0.05) is 37.1 Å². The SMILES string of the molecule is Nc1ccc(C2CCN(C(=O)c3cccnc3)C2)cc1. The Balaban J connectivity index is 1.71. The summed E-state index contributed by atoms with van der Waals surface area (Å²) in [4.78, 5) is 18.2. The van der Waals surface area contributed by atoms with Crippen molar-refractivity contribution in [1.82, 2.24) is 9.88 Å². The maximum atomic E-state index is 12.3. The van der Waals surface area contributed by atoms with E-state index in [9.17, 15) is 4.79 Å². The third-order valence-electron chi connectivity index (χ3n) is 3.79. The van der Waals surface area contributed by atoms with Gasteiger partial charge in [-0.2, -0.15) is 0 Å². The number of nitrogen functional groups attached to an aromatic ring is 1. The summed E-state index contributed by atoms with van der Waals surface area (Å²) in [5, 5.41) is 0. The number of pyridine rings is 1. The Kier molecular flexibility index (Phi) is 3.37. The number of amides is 1. The number of rotatable bonds is 2. The molecule has 1 unspecified atom stereocenters. The normalized spacial score (nSPS) is 18.2. The van der Waals surface area contributed by atoms with Crippen LogP contribution in [0.25, 0.3) is 0 Å². The largest absolute Gasteiger partial charge is 0.399 e. The minimum absolute atomic E-state index is 0.0658. The Hall–Kier alpha value is -2.36. The first kappa shape index (κ1) is 12.7. The van der Waals surface area contributed by atoms with Crippen LogP contribution in [-0.2, 0) is 0 Å². The second-order valence-corrected chi connectivity index (χ2v) is 5.15. The highest BCUT2D eigenvalue weighted by atomic mass is 16.2. The molecule has 3 rings (SSSR count). The molecule has 0 saturated carbocycles. The molecule has 2 aromatic rings. The van der Waals surface area contributed by atoms with E-state index in [1.54, 1.807) is 18.5 Å². The van der Waals surface area contributed by atoms with Crippen LogP contribution in [0, 0.1) is 0 Å². The van der Waals surface area contributed by atoms with Gasteiger partial charge >= 0.3 is 0 Å². The average molecular weight is 267 g/mol. The quantitative estimate of drug-likeness (QED) is 0.849. The monoisotopic (exact) mass is 267 g/mol. The van der Waals surface area contributed by atoms with E-state index in [-0.39, 0.29) is 5.91 Å². The van der Waals surface area contributed by atoms with Gasteiger partial charge in [0.2, 0.25) is 0 Å². The molecular weight excluding hydrogens is 250 g/mol. The third-order valence-corrected chi connectivity index (χ3v) is 3.79. The number of aromatic nitrogens is 1. The molecule has 102 valence electrons. The van der Waals surface area contributed by atoms with Gasteiger partial charge in [-0.25, -0.2) is 0 Å². The van der Waals surface area contributed by atoms with Gasteiger partial charge < -0.3 is 10.6 Å². The summed E-state index contributed by atoms with van der Waals surface area (Å²) in [5.74, 6) is 0.465. The van der Waals surface area contributed by atoms with Gasteiger partial charge in [0.15, 0.2) is 0 Å². The van der Waals surface area contributed by atoms with Crippen molar-refractivity contribution in [2.45, 2.75) is 12.3 Å². The van der Waals surface area contributed by atoms with Crippen LogP contribution in [0.15, 0.2) is 48.8 Å². The molecule has 0 radical (unpaired) electrons. The number of likely N-dealkylation sites (tertiary alicyclic amines) is 1. The fourth-order valence-electron chi connectivity index (χ4n) is 2.66. The zero-order chi connectivity index (χ0) is 13.9. The van der Waals surface area contributed by atoms with Gasteiger partial charge in [-0.05, 0) is 36.2 Å². The lowest BCUT2D eigenvalue weighted by molar-refractivity contribution is 0.0790. The Morgan fingerprint density at radius 2 is 2.05 bits per heavy atom. The molecule has 20 heavy (non-hydrogen) atoms. The molecule has 1 atom stereocenters. The maximum absolute atomic E-state index is 12.3. The van der Waals surface area contributed by atoms with Crippen LogP contribution in [0.4, 0.5) is 5.69 Å². The molecule has 4 heteroatoms. The lowest BCUT2D eigenvalue weighted by Crippen LogP contribution is -2.28. The van der Waals surface area contributed by atoms with E-state index in [1.165, 1.54) is 5.56 Å². The van der Waals surface area contributed by atoms with Crippen LogP contribution in [-0.4, -0.2) is 28.9 Å². The number of nitrogens with zero attached hydrogens (tertiary/aromatic N) is 2. The molecular formula is C16H17N3O. The highest BCUT2D eigenvalue weighted by molar-refractivity contribution is 5.94. The molecule has 2 N–H and O–H groups in total. The zero-order valence-corrected chi connectivity index (χ0v) is 11.2.